The number of hydrogen-bond donors (Lipinski definition) is 2. The Labute approximate surface area is 147 Å². The highest BCUT2D eigenvalue weighted by atomic mass is 16.5. The molecule has 0 aliphatic rings. The van der Waals surface area contributed by atoms with Crippen molar-refractivity contribution in [3.8, 4) is 17.2 Å². The van der Waals surface area contributed by atoms with E-state index in [0.717, 1.165) is 28.7 Å². The van der Waals surface area contributed by atoms with Crippen molar-refractivity contribution in [3.63, 3.8) is 0 Å². The van der Waals surface area contributed by atoms with E-state index in [0.29, 0.717) is 12.2 Å². The third-order valence-corrected chi connectivity index (χ3v) is 3.63. The highest BCUT2D eigenvalue weighted by Crippen LogP contribution is 2.31. The molecule has 2 aromatic carbocycles. The van der Waals surface area contributed by atoms with Crippen LogP contribution in [0.25, 0.3) is 12.2 Å². The molecule has 4 nitrogen and oxygen atoms in total. The SMILES string of the molecule is C=C(C)CCc1c(C=Cc2ccc(O)cc2)cc(O)cc1OC(C)=O. The van der Waals surface area contributed by atoms with Gasteiger partial charge in [-0.1, -0.05) is 29.9 Å². The number of carbonyl (C=O) groups excluding carboxylic acids is 1. The minimum atomic E-state index is -0.435. The van der Waals surface area contributed by atoms with Crippen molar-refractivity contribution in [2.45, 2.75) is 26.7 Å². The maximum atomic E-state index is 11.4. The van der Waals surface area contributed by atoms with E-state index < -0.39 is 5.97 Å². The molecule has 0 atom stereocenters. The van der Waals surface area contributed by atoms with E-state index in [-0.39, 0.29) is 11.5 Å². The second-order valence-electron chi connectivity index (χ2n) is 5.99. The van der Waals surface area contributed by atoms with Crippen molar-refractivity contribution in [3.05, 3.63) is 65.2 Å². The van der Waals surface area contributed by atoms with Gasteiger partial charge in [-0.15, -0.1) is 6.58 Å². The molecule has 0 aliphatic carbocycles. The Balaban J connectivity index is 2.42. The molecule has 0 spiro atoms. The Morgan fingerprint density at radius 1 is 1.08 bits per heavy atom. The van der Waals surface area contributed by atoms with Crippen LogP contribution in [0.4, 0.5) is 0 Å². The molecular formula is C21H22O4. The molecule has 4 heteroatoms. The van der Waals surface area contributed by atoms with Crippen LogP contribution in [0.5, 0.6) is 17.2 Å². The Bertz CT molecular complexity index is 801. The highest BCUT2D eigenvalue weighted by molar-refractivity contribution is 5.76. The van der Waals surface area contributed by atoms with Crippen molar-refractivity contribution >= 4 is 18.1 Å². The average molecular weight is 338 g/mol. The van der Waals surface area contributed by atoms with Gasteiger partial charge in [-0.25, -0.2) is 0 Å². The normalized spacial score (nSPS) is 10.8. The molecule has 0 bridgehead atoms. The molecule has 2 aromatic rings. The third-order valence-electron chi connectivity index (χ3n) is 3.63. The second kappa shape index (κ2) is 8.20. The van der Waals surface area contributed by atoms with Crippen LogP contribution in [0.3, 0.4) is 0 Å². The van der Waals surface area contributed by atoms with Gasteiger partial charge in [-0.2, -0.15) is 0 Å². The van der Waals surface area contributed by atoms with E-state index in [1.165, 1.54) is 13.0 Å². The quantitative estimate of drug-likeness (QED) is 0.347. The molecule has 0 unspecified atom stereocenters. The average Bonchev–Trinajstić information content (AvgIpc) is 2.52. The zero-order valence-corrected chi connectivity index (χ0v) is 14.5. The predicted octanol–water partition coefficient (Wildman–Crippen LogP) is 4.70. The van der Waals surface area contributed by atoms with Gasteiger partial charge in [0.25, 0.3) is 0 Å². The lowest BCUT2D eigenvalue weighted by Gasteiger charge is -2.13. The molecule has 2 N–H and O–H groups in total. The fourth-order valence-electron chi connectivity index (χ4n) is 2.42. The molecule has 0 saturated heterocycles. The van der Waals surface area contributed by atoms with Crippen LogP contribution < -0.4 is 4.74 Å². The summed E-state index contributed by atoms with van der Waals surface area (Å²) in [6.07, 6.45) is 5.12. The van der Waals surface area contributed by atoms with E-state index >= 15 is 0 Å². The van der Waals surface area contributed by atoms with Crippen molar-refractivity contribution in [2.75, 3.05) is 0 Å². The number of phenolic OH excluding ortho intramolecular Hbond substituents is 2. The molecule has 0 radical (unpaired) electrons. The number of benzene rings is 2. The van der Waals surface area contributed by atoms with Crippen LogP contribution in [0, 0.1) is 0 Å². The Morgan fingerprint density at radius 3 is 2.36 bits per heavy atom. The Hall–Kier alpha value is -3.01. The lowest BCUT2D eigenvalue weighted by atomic mass is 9.98. The zero-order chi connectivity index (χ0) is 18.4. The monoisotopic (exact) mass is 338 g/mol. The number of rotatable bonds is 6. The van der Waals surface area contributed by atoms with Gasteiger partial charge in [0.1, 0.15) is 17.2 Å². The number of carbonyl (C=O) groups is 1. The van der Waals surface area contributed by atoms with Crippen LogP contribution in [-0.2, 0) is 11.2 Å². The first-order valence-corrected chi connectivity index (χ1v) is 8.01. The standard InChI is InChI=1S/C21H22O4/c1-14(2)4-11-20-17(8-5-16-6-9-18(23)10-7-16)12-19(24)13-21(20)25-15(3)22/h5-10,12-13,23-24H,1,4,11H2,2-3H3. The molecule has 0 saturated carbocycles. The predicted molar refractivity (Wildman–Crippen MR) is 99.6 cm³/mol. The molecule has 2 rings (SSSR count). The van der Waals surface area contributed by atoms with Crippen LogP contribution in [0.2, 0.25) is 0 Å². The van der Waals surface area contributed by atoms with Gasteiger partial charge in [0.2, 0.25) is 0 Å². The minimum Gasteiger partial charge on any atom is -0.508 e. The fraction of sp³-hybridized carbons (Fsp3) is 0.190. The number of aromatic hydroxyl groups is 2. The van der Waals surface area contributed by atoms with Gasteiger partial charge in [-0.3, -0.25) is 4.79 Å². The van der Waals surface area contributed by atoms with E-state index in [4.69, 9.17) is 4.74 Å². The number of esters is 1. The first-order chi connectivity index (χ1) is 11.8. The van der Waals surface area contributed by atoms with Gasteiger partial charge < -0.3 is 14.9 Å². The van der Waals surface area contributed by atoms with E-state index in [2.05, 4.69) is 6.58 Å². The molecule has 25 heavy (non-hydrogen) atoms. The summed E-state index contributed by atoms with van der Waals surface area (Å²) in [7, 11) is 0. The molecule has 0 aromatic heterocycles. The molecule has 0 fully saturated rings. The Morgan fingerprint density at radius 2 is 1.76 bits per heavy atom. The lowest BCUT2D eigenvalue weighted by Crippen LogP contribution is -2.05. The summed E-state index contributed by atoms with van der Waals surface area (Å²) < 4.78 is 5.27. The van der Waals surface area contributed by atoms with Gasteiger partial charge in [-0.05, 0) is 49.1 Å². The largest absolute Gasteiger partial charge is 0.508 e. The smallest absolute Gasteiger partial charge is 0.308 e. The first-order valence-electron chi connectivity index (χ1n) is 8.01. The van der Waals surface area contributed by atoms with Crippen molar-refractivity contribution < 1.29 is 19.7 Å². The Kier molecular flexibility index (Phi) is 6.01. The first kappa shape index (κ1) is 18.3. The number of hydrogen-bond acceptors (Lipinski definition) is 4. The van der Waals surface area contributed by atoms with E-state index in [1.54, 1.807) is 30.3 Å². The molecular weight excluding hydrogens is 316 g/mol. The van der Waals surface area contributed by atoms with Crippen LogP contribution in [-0.4, -0.2) is 16.2 Å². The number of allylic oxidation sites excluding steroid dienone is 1. The van der Waals surface area contributed by atoms with Crippen LogP contribution in [0.1, 0.15) is 37.0 Å². The maximum absolute atomic E-state index is 11.4. The second-order valence-corrected chi connectivity index (χ2v) is 5.99. The summed E-state index contributed by atoms with van der Waals surface area (Å²) in [5.74, 6) is 0.157. The number of ether oxygens (including phenoxy) is 1. The van der Waals surface area contributed by atoms with Crippen molar-refractivity contribution in [2.24, 2.45) is 0 Å². The van der Waals surface area contributed by atoms with E-state index in [9.17, 15) is 15.0 Å². The van der Waals surface area contributed by atoms with Gasteiger partial charge in [0.15, 0.2) is 0 Å². The summed E-state index contributed by atoms with van der Waals surface area (Å²) >= 11 is 0. The summed E-state index contributed by atoms with van der Waals surface area (Å²) in [6.45, 7) is 7.19. The van der Waals surface area contributed by atoms with Gasteiger partial charge >= 0.3 is 5.97 Å². The summed E-state index contributed by atoms with van der Waals surface area (Å²) in [5.41, 5.74) is 3.54. The summed E-state index contributed by atoms with van der Waals surface area (Å²) in [6, 6.07) is 9.87. The van der Waals surface area contributed by atoms with Gasteiger partial charge in [0.05, 0.1) is 0 Å². The fourth-order valence-corrected chi connectivity index (χ4v) is 2.42. The molecule has 0 heterocycles. The molecule has 130 valence electrons. The topological polar surface area (TPSA) is 66.8 Å². The number of phenols is 2. The third kappa shape index (κ3) is 5.53. The minimum absolute atomic E-state index is 0.0284. The molecule has 0 aliphatic heterocycles. The van der Waals surface area contributed by atoms with E-state index in [1.807, 2.05) is 19.1 Å². The molecule has 0 amide bonds. The van der Waals surface area contributed by atoms with Crippen molar-refractivity contribution in [1.29, 1.82) is 0 Å². The lowest BCUT2D eigenvalue weighted by molar-refractivity contribution is -0.131. The zero-order valence-electron chi connectivity index (χ0n) is 14.5. The van der Waals surface area contributed by atoms with Gasteiger partial charge in [0, 0.05) is 18.6 Å². The maximum Gasteiger partial charge on any atom is 0.308 e. The van der Waals surface area contributed by atoms with Crippen molar-refractivity contribution in [1.82, 2.24) is 0 Å². The van der Waals surface area contributed by atoms with Crippen LogP contribution >= 0.6 is 0 Å². The van der Waals surface area contributed by atoms with Crippen LogP contribution in [0.15, 0.2) is 48.6 Å². The summed E-state index contributed by atoms with van der Waals surface area (Å²) in [4.78, 5) is 11.4. The highest BCUT2D eigenvalue weighted by Gasteiger charge is 2.12. The summed E-state index contributed by atoms with van der Waals surface area (Å²) in [5, 5.41) is 19.3.